The first-order chi connectivity index (χ1) is 6.36. The van der Waals surface area contributed by atoms with E-state index in [1.165, 1.54) is 0 Å². The molecule has 2 atom stereocenters. The van der Waals surface area contributed by atoms with Crippen LogP contribution in [0.15, 0.2) is 0 Å². The number of nitrogens with one attached hydrogen (secondary N) is 2. The van der Waals surface area contributed by atoms with Crippen molar-refractivity contribution >= 4 is 17.8 Å². The molecule has 1 heterocycles. The minimum atomic E-state index is -2.90. The number of hydrogen-bond donors (Lipinski definition) is 4. The topological polar surface area (TPSA) is 122 Å². The number of urea groups is 1. The van der Waals surface area contributed by atoms with Crippen LogP contribution in [0.5, 0.6) is 0 Å². The molecule has 0 saturated carbocycles. The number of aliphatic hydroxyl groups is 1. The Morgan fingerprint density at radius 3 is 2.64 bits per heavy atom. The molecule has 1 saturated heterocycles. The number of aliphatic hydroxyl groups excluding tert-OH is 1. The number of primary amides is 1. The van der Waals surface area contributed by atoms with Crippen molar-refractivity contribution in [3.8, 4) is 0 Å². The number of halogens is 1. The summed E-state index contributed by atoms with van der Waals surface area (Å²) in [6.07, 6.45) is -3.07. The van der Waals surface area contributed by atoms with E-state index in [1.54, 1.807) is 10.6 Å². The standard InChI is InChI=1S/C6H8FN3O4/c7-6(1-2(8)11)3(12)9-5(14)10-4(6)13/h3,12H,1H2,(H2,8,11)(H2,9,10,13,14). The van der Waals surface area contributed by atoms with Crippen LogP contribution in [0.25, 0.3) is 0 Å². The molecule has 5 N–H and O–H groups in total. The van der Waals surface area contributed by atoms with E-state index < -0.39 is 36.2 Å². The molecule has 0 aliphatic carbocycles. The lowest BCUT2D eigenvalue weighted by molar-refractivity contribution is -0.149. The zero-order valence-corrected chi connectivity index (χ0v) is 6.91. The molecule has 0 spiro atoms. The van der Waals surface area contributed by atoms with Gasteiger partial charge < -0.3 is 16.2 Å². The van der Waals surface area contributed by atoms with Crippen LogP contribution in [0, 0.1) is 0 Å². The Kier molecular flexibility index (Phi) is 2.39. The van der Waals surface area contributed by atoms with Gasteiger partial charge in [0, 0.05) is 0 Å². The predicted octanol–water partition coefficient (Wildman–Crippen LogP) is -2.27. The average Bonchev–Trinajstić information content (AvgIpc) is 1.99. The van der Waals surface area contributed by atoms with Crippen LogP contribution in [0.4, 0.5) is 9.18 Å². The summed E-state index contributed by atoms with van der Waals surface area (Å²) in [5, 5.41) is 12.3. The normalized spacial score (nSPS) is 32.0. The number of nitrogens with two attached hydrogens (primary N) is 1. The van der Waals surface area contributed by atoms with Crippen molar-refractivity contribution in [1.29, 1.82) is 0 Å². The third-order valence-electron chi connectivity index (χ3n) is 1.74. The van der Waals surface area contributed by atoms with E-state index in [0.29, 0.717) is 0 Å². The van der Waals surface area contributed by atoms with Gasteiger partial charge >= 0.3 is 6.03 Å². The van der Waals surface area contributed by atoms with Crippen molar-refractivity contribution < 1.29 is 23.9 Å². The maximum atomic E-state index is 13.6. The SMILES string of the molecule is NC(=O)CC1(F)C(=O)NC(=O)NC1O. The highest BCUT2D eigenvalue weighted by molar-refractivity contribution is 6.03. The molecule has 1 fully saturated rings. The van der Waals surface area contributed by atoms with Crippen molar-refractivity contribution in [1.82, 2.24) is 10.6 Å². The molecule has 0 radical (unpaired) electrons. The fourth-order valence-electron chi connectivity index (χ4n) is 1.04. The molecule has 14 heavy (non-hydrogen) atoms. The number of imide groups is 1. The molecule has 8 heteroatoms. The van der Waals surface area contributed by atoms with E-state index in [-0.39, 0.29) is 0 Å². The van der Waals surface area contributed by atoms with Gasteiger partial charge in [0.2, 0.25) is 11.6 Å². The lowest BCUT2D eigenvalue weighted by Gasteiger charge is -2.32. The molecule has 0 aromatic carbocycles. The van der Waals surface area contributed by atoms with Gasteiger partial charge in [0.25, 0.3) is 5.91 Å². The molecular formula is C6H8FN3O4. The second-order valence-corrected chi connectivity index (χ2v) is 2.84. The van der Waals surface area contributed by atoms with Gasteiger partial charge in [-0.1, -0.05) is 0 Å². The lowest BCUT2D eigenvalue weighted by atomic mass is 9.96. The minimum Gasteiger partial charge on any atom is -0.370 e. The van der Waals surface area contributed by atoms with Crippen molar-refractivity contribution in [3.63, 3.8) is 0 Å². The molecule has 0 aromatic rings. The quantitative estimate of drug-likeness (QED) is 0.406. The number of carbonyl (C=O) groups is 3. The summed E-state index contributed by atoms with van der Waals surface area (Å²) in [6, 6.07) is -1.03. The average molecular weight is 205 g/mol. The monoisotopic (exact) mass is 205 g/mol. The van der Waals surface area contributed by atoms with E-state index in [9.17, 15) is 18.8 Å². The summed E-state index contributed by atoms with van der Waals surface area (Å²) < 4.78 is 13.6. The van der Waals surface area contributed by atoms with E-state index in [4.69, 9.17) is 5.11 Å². The van der Waals surface area contributed by atoms with Crippen LogP contribution in [0.2, 0.25) is 0 Å². The summed E-state index contributed by atoms with van der Waals surface area (Å²) in [4.78, 5) is 32.0. The zero-order chi connectivity index (χ0) is 10.9. The Balaban J connectivity index is 2.89. The van der Waals surface area contributed by atoms with Gasteiger partial charge in [-0.05, 0) is 0 Å². The van der Waals surface area contributed by atoms with Gasteiger partial charge in [0.15, 0.2) is 6.23 Å². The maximum absolute atomic E-state index is 13.6. The Bertz CT molecular complexity index is 307. The molecule has 1 aliphatic rings. The third kappa shape index (κ3) is 1.64. The second-order valence-electron chi connectivity index (χ2n) is 2.84. The van der Waals surface area contributed by atoms with Gasteiger partial charge in [0.1, 0.15) is 0 Å². The van der Waals surface area contributed by atoms with Crippen LogP contribution >= 0.6 is 0 Å². The number of alkyl halides is 1. The fraction of sp³-hybridized carbons (Fsp3) is 0.500. The van der Waals surface area contributed by atoms with Gasteiger partial charge in [-0.2, -0.15) is 0 Å². The highest BCUT2D eigenvalue weighted by atomic mass is 19.1. The predicted molar refractivity (Wildman–Crippen MR) is 40.3 cm³/mol. The van der Waals surface area contributed by atoms with Crippen LogP contribution < -0.4 is 16.4 Å². The van der Waals surface area contributed by atoms with Crippen molar-refractivity contribution in [3.05, 3.63) is 0 Å². The number of rotatable bonds is 2. The minimum absolute atomic E-state index is 1.000. The number of carbonyl (C=O) groups excluding carboxylic acids is 3. The van der Waals surface area contributed by atoms with E-state index in [1.807, 2.05) is 0 Å². The summed E-state index contributed by atoms with van der Waals surface area (Å²) in [5.41, 5.74) is 1.78. The Morgan fingerprint density at radius 2 is 2.21 bits per heavy atom. The van der Waals surface area contributed by atoms with Crippen molar-refractivity contribution in [2.24, 2.45) is 5.73 Å². The molecule has 0 bridgehead atoms. The first kappa shape index (κ1) is 10.4. The summed E-state index contributed by atoms with van der Waals surface area (Å²) in [6.45, 7) is 0. The molecule has 78 valence electrons. The largest absolute Gasteiger partial charge is 0.370 e. The summed E-state index contributed by atoms with van der Waals surface area (Å²) in [5.74, 6) is -2.48. The molecule has 1 rings (SSSR count). The third-order valence-corrected chi connectivity index (χ3v) is 1.74. The molecule has 2 unspecified atom stereocenters. The first-order valence-corrected chi connectivity index (χ1v) is 3.63. The zero-order valence-electron chi connectivity index (χ0n) is 6.91. The molecule has 7 nitrogen and oxygen atoms in total. The van der Waals surface area contributed by atoms with Crippen LogP contribution in [-0.2, 0) is 9.59 Å². The smallest absolute Gasteiger partial charge is 0.323 e. The van der Waals surface area contributed by atoms with Crippen LogP contribution in [-0.4, -0.2) is 34.8 Å². The van der Waals surface area contributed by atoms with Crippen LogP contribution in [0.3, 0.4) is 0 Å². The van der Waals surface area contributed by atoms with E-state index >= 15 is 0 Å². The van der Waals surface area contributed by atoms with Gasteiger partial charge in [-0.15, -0.1) is 0 Å². The van der Waals surface area contributed by atoms with Crippen LogP contribution in [0.1, 0.15) is 6.42 Å². The molecule has 1 aliphatic heterocycles. The second kappa shape index (κ2) is 3.22. The number of hydrogen-bond acceptors (Lipinski definition) is 4. The lowest BCUT2D eigenvalue weighted by Crippen LogP contribution is -2.67. The van der Waals surface area contributed by atoms with Gasteiger partial charge in [-0.25, -0.2) is 9.18 Å². The van der Waals surface area contributed by atoms with E-state index in [2.05, 4.69) is 5.73 Å². The summed E-state index contributed by atoms with van der Waals surface area (Å²) in [7, 11) is 0. The van der Waals surface area contributed by atoms with Crippen molar-refractivity contribution in [2.75, 3.05) is 0 Å². The molecule has 4 amide bonds. The highest BCUT2D eigenvalue weighted by Crippen LogP contribution is 2.22. The Hall–Kier alpha value is -1.70. The van der Waals surface area contributed by atoms with Gasteiger partial charge in [0.05, 0.1) is 6.42 Å². The molecular weight excluding hydrogens is 197 g/mol. The first-order valence-electron chi connectivity index (χ1n) is 3.63. The molecule has 0 aromatic heterocycles. The maximum Gasteiger partial charge on any atom is 0.323 e. The Labute approximate surface area is 77.4 Å². The highest BCUT2D eigenvalue weighted by Gasteiger charge is 2.51. The fourth-order valence-corrected chi connectivity index (χ4v) is 1.04. The van der Waals surface area contributed by atoms with Crippen molar-refractivity contribution in [2.45, 2.75) is 18.3 Å². The van der Waals surface area contributed by atoms with E-state index in [0.717, 1.165) is 0 Å². The van der Waals surface area contributed by atoms with Gasteiger partial charge in [-0.3, -0.25) is 14.9 Å². The number of amides is 4. The summed E-state index contributed by atoms with van der Waals surface area (Å²) >= 11 is 0. The Morgan fingerprint density at radius 1 is 1.64 bits per heavy atom.